The number of halogens is 1. The van der Waals surface area contributed by atoms with E-state index in [0.29, 0.717) is 15.5 Å². The first-order chi connectivity index (χ1) is 11.6. The second-order valence-electron chi connectivity index (χ2n) is 5.62. The average Bonchev–Trinajstić information content (AvgIpc) is 3.26. The number of aromatic nitrogens is 2. The van der Waals surface area contributed by atoms with Crippen molar-refractivity contribution in [3.05, 3.63) is 40.4 Å². The summed E-state index contributed by atoms with van der Waals surface area (Å²) in [5, 5.41) is 18.9. The summed E-state index contributed by atoms with van der Waals surface area (Å²) in [5.41, 5.74) is 0.984. The molecule has 8 heteroatoms. The van der Waals surface area contributed by atoms with Gasteiger partial charge in [0.1, 0.15) is 5.56 Å². The van der Waals surface area contributed by atoms with E-state index >= 15 is 0 Å². The van der Waals surface area contributed by atoms with E-state index in [2.05, 4.69) is 10.3 Å². The number of hydrogen-bond donors (Lipinski definition) is 2. The van der Waals surface area contributed by atoms with Crippen LogP contribution in [0.3, 0.4) is 0 Å². The van der Waals surface area contributed by atoms with Gasteiger partial charge in [-0.1, -0.05) is 11.6 Å². The molecule has 0 unspecified atom stereocenters. The van der Waals surface area contributed by atoms with Crippen LogP contribution in [0.25, 0.3) is 10.9 Å². The van der Waals surface area contributed by atoms with Gasteiger partial charge in [0, 0.05) is 35.1 Å². The van der Waals surface area contributed by atoms with Crippen molar-refractivity contribution < 1.29 is 9.90 Å². The van der Waals surface area contributed by atoms with E-state index in [4.69, 9.17) is 11.6 Å². The predicted molar refractivity (Wildman–Crippen MR) is 95.9 cm³/mol. The molecule has 1 fully saturated rings. The molecular weight excluding hydrogens is 348 g/mol. The van der Waals surface area contributed by atoms with E-state index in [1.165, 1.54) is 11.3 Å². The Morgan fingerprint density at radius 1 is 1.33 bits per heavy atom. The monoisotopic (exact) mass is 362 g/mol. The van der Waals surface area contributed by atoms with Gasteiger partial charge in [-0.3, -0.25) is 10.1 Å². The summed E-state index contributed by atoms with van der Waals surface area (Å²) < 4.78 is 1.72. The summed E-state index contributed by atoms with van der Waals surface area (Å²) in [6.07, 6.45) is 3.74. The number of hydrogen-bond acceptors (Lipinski definition) is 5. The lowest BCUT2D eigenvalue weighted by Gasteiger charge is -2.21. The summed E-state index contributed by atoms with van der Waals surface area (Å²) >= 11 is 7.44. The molecule has 1 saturated heterocycles. The van der Waals surface area contributed by atoms with Crippen LogP contribution in [0.5, 0.6) is 5.88 Å². The zero-order valence-corrected chi connectivity index (χ0v) is 14.3. The van der Waals surface area contributed by atoms with Crippen LogP contribution in [0.1, 0.15) is 23.2 Å². The molecule has 3 aromatic rings. The lowest BCUT2D eigenvalue weighted by Crippen LogP contribution is -2.30. The van der Waals surface area contributed by atoms with Gasteiger partial charge in [-0.15, -0.1) is 11.3 Å². The van der Waals surface area contributed by atoms with Crippen molar-refractivity contribution in [3.63, 3.8) is 0 Å². The molecule has 2 N–H and O–H groups in total. The third-order valence-electron chi connectivity index (χ3n) is 4.13. The topological polar surface area (TPSA) is 70.4 Å². The zero-order valence-electron chi connectivity index (χ0n) is 12.7. The summed E-state index contributed by atoms with van der Waals surface area (Å²) in [4.78, 5) is 16.8. The van der Waals surface area contributed by atoms with Crippen molar-refractivity contribution in [2.45, 2.75) is 12.8 Å². The van der Waals surface area contributed by atoms with Crippen LogP contribution in [0.2, 0.25) is 5.02 Å². The van der Waals surface area contributed by atoms with Crippen molar-refractivity contribution >= 4 is 44.9 Å². The van der Waals surface area contributed by atoms with Crippen LogP contribution in [-0.4, -0.2) is 33.8 Å². The van der Waals surface area contributed by atoms with Crippen molar-refractivity contribution in [3.8, 4) is 5.88 Å². The number of anilines is 1. The minimum atomic E-state index is -0.396. The highest BCUT2D eigenvalue weighted by Crippen LogP contribution is 2.34. The number of thiazole rings is 1. The SMILES string of the molecule is O=C(Nc1nccs1)c1c(O)n(N2CCCC2)c2ccc(Cl)cc12. The summed E-state index contributed by atoms with van der Waals surface area (Å²) in [7, 11) is 0. The van der Waals surface area contributed by atoms with Crippen molar-refractivity contribution in [1.29, 1.82) is 0 Å². The molecule has 0 aliphatic carbocycles. The van der Waals surface area contributed by atoms with Gasteiger partial charge in [-0.2, -0.15) is 0 Å². The molecule has 1 aliphatic heterocycles. The minimum Gasteiger partial charge on any atom is -0.493 e. The molecular formula is C16H15ClN4O2S. The number of rotatable bonds is 3. The second kappa shape index (κ2) is 5.99. The number of benzene rings is 1. The number of fused-ring (bicyclic) bond motifs is 1. The van der Waals surface area contributed by atoms with Crippen LogP contribution >= 0.6 is 22.9 Å². The van der Waals surface area contributed by atoms with Gasteiger partial charge < -0.3 is 10.1 Å². The molecule has 4 rings (SSSR count). The van der Waals surface area contributed by atoms with Gasteiger partial charge in [0.25, 0.3) is 5.91 Å². The highest BCUT2D eigenvalue weighted by Gasteiger charge is 2.27. The maximum absolute atomic E-state index is 12.7. The van der Waals surface area contributed by atoms with Crippen LogP contribution in [0.15, 0.2) is 29.8 Å². The Morgan fingerprint density at radius 2 is 2.12 bits per heavy atom. The smallest absolute Gasteiger partial charge is 0.263 e. The van der Waals surface area contributed by atoms with E-state index in [1.54, 1.807) is 28.4 Å². The lowest BCUT2D eigenvalue weighted by molar-refractivity contribution is 0.102. The predicted octanol–water partition coefficient (Wildman–Crippen LogP) is 3.44. The van der Waals surface area contributed by atoms with Crippen LogP contribution < -0.4 is 10.3 Å². The van der Waals surface area contributed by atoms with E-state index in [9.17, 15) is 9.90 Å². The first-order valence-electron chi connectivity index (χ1n) is 7.64. The number of nitrogens with one attached hydrogen (secondary N) is 1. The van der Waals surface area contributed by atoms with Gasteiger partial charge in [-0.05, 0) is 31.0 Å². The molecule has 124 valence electrons. The van der Waals surface area contributed by atoms with Gasteiger partial charge in [0.15, 0.2) is 5.13 Å². The summed E-state index contributed by atoms with van der Waals surface area (Å²) in [6, 6.07) is 5.30. The van der Waals surface area contributed by atoms with Gasteiger partial charge in [-0.25, -0.2) is 9.66 Å². The van der Waals surface area contributed by atoms with E-state index < -0.39 is 5.91 Å². The van der Waals surface area contributed by atoms with Gasteiger partial charge in [0.05, 0.1) is 5.52 Å². The third-order valence-corrected chi connectivity index (χ3v) is 5.05. The molecule has 0 spiro atoms. The molecule has 0 bridgehead atoms. The first kappa shape index (κ1) is 15.3. The third kappa shape index (κ3) is 2.50. The van der Waals surface area contributed by atoms with Crippen LogP contribution in [0.4, 0.5) is 5.13 Å². The van der Waals surface area contributed by atoms with Crippen molar-refractivity contribution in [1.82, 2.24) is 9.66 Å². The van der Waals surface area contributed by atoms with Crippen molar-refractivity contribution in [2.75, 3.05) is 23.4 Å². The van der Waals surface area contributed by atoms with Crippen LogP contribution in [-0.2, 0) is 0 Å². The van der Waals surface area contributed by atoms with Crippen molar-refractivity contribution in [2.24, 2.45) is 0 Å². The molecule has 2 aromatic heterocycles. The Kier molecular flexibility index (Phi) is 3.82. The average molecular weight is 363 g/mol. The maximum Gasteiger partial charge on any atom is 0.263 e. The Bertz CT molecular complexity index is 901. The second-order valence-corrected chi connectivity index (χ2v) is 6.96. The fourth-order valence-electron chi connectivity index (χ4n) is 3.09. The fourth-order valence-corrected chi connectivity index (χ4v) is 3.79. The Morgan fingerprint density at radius 3 is 2.83 bits per heavy atom. The molecule has 1 aromatic carbocycles. The molecule has 1 amide bonds. The number of carbonyl (C=O) groups is 1. The lowest BCUT2D eigenvalue weighted by atomic mass is 10.1. The minimum absolute atomic E-state index is 0.0665. The van der Waals surface area contributed by atoms with Crippen LogP contribution in [0, 0.1) is 0 Å². The van der Waals surface area contributed by atoms with Gasteiger partial charge in [0.2, 0.25) is 5.88 Å². The van der Waals surface area contributed by atoms with E-state index in [0.717, 1.165) is 31.4 Å². The van der Waals surface area contributed by atoms with E-state index in [-0.39, 0.29) is 11.4 Å². The summed E-state index contributed by atoms with van der Waals surface area (Å²) in [6.45, 7) is 1.68. The quantitative estimate of drug-likeness (QED) is 0.748. The van der Waals surface area contributed by atoms with E-state index in [1.807, 2.05) is 11.1 Å². The highest BCUT2D eigenvalue weighted by atomic mass is 35.5. The Balaban J connectivity index is 1.85. The Hall–Kier alpha value is -2.25. The maximum atomic E-state index is 12.7. The largest absolute Gasteiger partial charge is 0.493 e. The molecule has 1 aliphatic rings. The molecule has 24 heavy (non-hydrogen) atoms. The number of nitrogens with zero attached hydrogens (tertiary/aromatic N) is 3. The highest BCUT2D eigenvalue weighted by molar-refractivity contribution is 7.13. The molecule has 3 heterocycles. The first-order valence-corrected chi connectivity index (χ1v) is 8.90. The zero-order chi connectivity index (χ0) is 16.7. The number of amides is 1. The summed E-state index contributed by atoms with van der Waals surface area (Å²) in [5.74, 6) is -0.462. The number of aromatic hydroxyl groups is 1. The molecule has 0 atom stereocenters. The normalized spacial score (nSPS) is 14.5. The molecule has 0 saturated carbocycles. The standard InChI is InChI=1S/C16H15ClN4O2S/c17-10-3-4-12-11(9-10)13(14(22)19-16-18-5-8-24-16)15(23)21(12)20-6-1-2-7-20/h3-5,8-9,23H,1-2,6-7H2,(H,18,19,22). The van der Waals surface area contributed by atoms with Gasteiger partial charge >= 0.3 is 0 Å². The molecule has 0 radical (unpaired) electrons. The Labute approximate surface area is 147 Å². The number of carbonyl (C=O) groups excluding carboxylic acids is 1. The fraction of sp³-hybridized carbons (Fsp3) is 0.250. The molecule has 6 nitrogen and oxygen atoms in total.